The summed E-state index contributed by atoms with van der Waals surface area (Å²) in [5, 5.41) is 0.818. The highest BCUT2D eigenvalue weighted by atomic mass is 16.5. The second-order valence-electron chi connectivity index (χ2n) is 5.95. The topological polar surface area (TPSA) is 48.7 Å². The van der Waals surface area contributed by atoms with Crippen molar-refractivity contribution in [2.75, 3.05) is 7.11 Å². The first-order valence-corrected chi connectivity index (χ1v) is 8.09. The molecule has 0 aliphatic heterocycles. The molecule has 0 fully saturated rings. The van der Waals surface area contributed by atoms with E-state index in [2.05, 4.69) is 0 Å². The molecule has 0 N–H and O–H groups in total. The van der Waals surface area contributed by atoms with Gasteiger partial charge in [0.05, 0.1) is 12.7 Å². The van der Waals surface area contributed by atoms with Gasteiger partial charge in [0, 0.05) is 24.3 Å². The van der Waals surface area contributed by atoms with Crippen molar-refractivity contribution in [2.45, 2.75) is 25.9 Å². The zero-order chi connectivity index (χ0) is 16.5. The first kappa shape index (κ1) is 14.8. The minimum Gasteiger partial charge on any atom is -0.493 e. The Morgan fingerprint density at radius 1 is 1.08 bits per heavy atom. The number of carbonyl (C=O) groups excluding carboxylic acids is 1. The standard InChI is InChI=1S/C20H18O4/c1-22-18-11-17-14(20-15(21)8-5-9-16(20)24-17)10-19(18)23-12-13-6-3-2-4-7-13/h2-4,6-7,10-11H,5,8-9,12H2,1H3. The summed E-state index contributed by atoms with van der Waals surface area (Å²) in [6, 6.07) is 13.6. The van der Waals surface area contributed by atoms with E-state index in [0.717, 1.165) is 29.6 Å². The Kier molecular flexibility index (Phi) is 3.73. The van der Waals surface area contributed by atoms with Crippen molar-refractivity contribution in [1.29, 1.82) is 0 Å². The molecule has 1 aliphatic carbocycles. The molecule has 122 valence electrons. The van der Waals surface area contributed by atoms with E-state index in [-0.39, 0.29) is 5.78 Å². The summed E-state index contributed by atoms with van der Waals surface area (Å²) in [4.78, 5) is 12.3. The molecule has 0 saturated heterocycles. The quantitative estimate of drug-likeness (QED) is 0.707. The van der Waals surface area contributed by atoms with E-state index in [1.165, 1.54) is 0 Å². The first-order valence-electron chi connectivity index (χ1n) is 8.09. The van der Waals surface area contributed by atoms with Gasteiger partial charge in [0.2, 0.25) is 0 Å². The van der Waals surface area contributed by atoms with Crippen molar-refractivity contribution in [2.24, 2.45) is 0 Å². The third-order valence-corrected chi connectivity index (χ3v) is 4.37. The Morgan fingerprint density at radius 2 is 1.92 bits per heavy atom. The van der Waals surface area contributed by atoms with Crippen LogP contribution in [-0.2, 0) is 13.0 Å². The third-order valence-electron chi connectivity index (χ3n) is 4.37. The molecule has 24 heavy (non-hydrogen) atoms. The van der Waals surface area contributed by atoms with Crippen LogP contribution in [0.1, 0.15) is 34.5 Å². The van der Waals surface area contributed by atoms with Gasteiger partial charge in [0.1, 0.15) is 18.0 Å². The van der Waals surface area contributed by atoms with E-state index in [0.29, 0.717) is 35.7 Å². The second-order valence-corrected chi connectivity index (χ2v) is 5.95. The third kappa shape index (κ3) is 2.54. The van der Waals surface area contributed by atoms with Crippen LogP contribution in [0, 0.1) is 0 Å². The lowest BCUT2D eigenvalue weighted by Crippen LogP contribution is -2.08. The van der Waals surface area contributed by atoms with Crippen LogP contribution in [0.25, 0.3) is 11.0 Å². The van der Waals surface area contributed by atoms with E-state index < -0.39 is 0 Å². The molecule has 4 heteroatoms. The summed E-state index contributed by atoms with van der Waals surface area (Å²) >= 11 is 0. The summed E-state index contributed by atoms with van der Waals surface area (Å²) < 4.78 is 17.2. The first-order chi connectivity index (χ1) is 11.8. The summed E-state index contributed by atoms with van der Waals surface area (Å²) in [5.74, 6) is 2.16. The van der Waals surface area contributed by atoms with Gasteiger partial charge < -0.3 is 13.9 Å². The maximum absolute atomic E-state index is 12.3. The van der Waals surface area contributed by atoms with E-state index in [9.17, 15) is 4.79 Å². The predicted molar refractivity (Wildman–Crippen MR) is 90.8 cm³/mol. The molecule has 0 amide bonds. The summed E-state index contributed by atoms with van der Waals surface area (Å²) in [6.07, 6.45) is 2.23. The molecule has 4 nitrogen and oxygen atoms in total. The van der Waals surface area contributed by atoms with Crippen LogP contribution in [-0.4, -0.2) is 12.9 Å². The van der Waals surface area contributed by atoms with Crippen molar-refractivity contribution in [3.8, 4) is 11.5 Å². The molecule has 4 rings (SSSR count). The molecule has 3 aromatic rings. The molecular formula is C20H18O4. The van der Waals surface area contributed by atoms with Crippen LogP contribution in [0.3, 0.4) is 0 Å². The van der Waals surface area contributed by atoms with Gasteiger partial charge in [-0.1, -0.05) is 30.3 Å². The van der Waals surface area contributed by atoms with E-state index in [4.69, 9.17) is 13.9 Å². The highest BCUT2D eigenvalue weighted by Crippen LogP contribution is 2.39. The van der Waals surface area contributed by atoms with Crippen LogP contribution < -0.4 is 9.47 Å². The highest BCUT2D eigenvalue weighted by molar-refractivity contribution is 6.09. The van der Waals surface area contributed by atoms with E-state index >= 15 is 0 Å². The largest absolute Gasteiger partial charge is 0.493 e. The summed E-state index contributed by atoms with van der Waals surface area (Å²) in [6.45, 7) is 0.441. The number of rotatable bonds is 4. The Balaban J connectivity index is 1.74. The summed E-state index contributed by atoms with van der Waals surface area (Å²) in [7, 11) is 1.60. The van der Waals surface area contributed by atoms with Gasteiger partial charge in [0.15, 0.2) is 17.3 Å². The van der Waals surface area contributed by atoms with Gasteiger partial charge in [-0.25, -0.2) is 0 Å². The molecule has 0 radical (unpaired) electrons. The van der Waals surface area contributed by atoms with Crippen LogP contribution in [0.2, 0.25) is 0 Å². The van der Waals surface area contributed by atoms with Crippen LogP contribution >= 0.6 is 0 Å². The average molecular weight is 322 g/mol. The number of fused-ring (bicyclic) bond motifs is 3. The van der Waals surface area contributed by atoms with Crippen molar-refractivity contribution in [3.63, 3.8) is 0 Å². The highest BCUT2D eigenvalue weighted by Gasteiger charge is 2.25. The Bertz CT molecular complexity index is 893. The Hall–Kier alpha value is -2.75. The molecular weight excluding hydrogens is 304 g/mol. The van der Waals surface area contributed by atoms with Gasteiger partial charge in [-0.2, -0.15) is 0 Å². The Morgan fingerprint density at radius 3 is 2.71 bits per heavy atom. The number of Topliss-reactive ketones (excluding diaryl/α,β-unsaturated/α-hetero) is 1. The molecule has 1 aliphatic rings. The van der Waals surface area contributed by atoms with Crippen molar-refractivity contribution in [1.82, 2.24) is 0 Å². The minimum absolute atomic E-state index is 0.147. The fourth-order valence-electron chi connectivity index (χ4n) is 3.18. The van der Waals surface area contributed by atoms with Crippen molar-refractivity contribution >= 4 is 16.8 Å². The zero-order valence-electron chi connectivity index (χ0n) is 13.5. The molecule has 1 aromatic heterocycles. The second kappa shape index (κ2) is 6.04. The maximum Gasteiger partial charge on any atom is 0.167 e. The molecule has 0 spiro atoms. The fourth-order valence-corrected chi connectivity index (χ4v) is 3.18. The number of carbonyl (C=O) groups is 1. The number of aryl methyl sites for hydroxylation is 1. The lowest BCUT2D eigenvalue weighted by Gasteiger charge is -2.11. The SMILES string of the molecule is COc1cc2oc3c(c2cc1OCc1ccccc1)C(=O)CCC3. The van der Waals surface area contributed by atoms with Crippen LogP contribution in [0.4, 0.5) is 0 Å². The van der Waals surface area contributed by atoms with Gasteiger partial charge in [0.25, 0.3) is 0 Å². The Labute approximate surface area is 140 Å². The molecule has 2 aromatic carbocycles. The van der Waals surface area contributed by atoms with Crippen LogP contribution in [0.5, 0.6) is 11.5 Å². The van der Waals surface area contributed by atoms with Gasteiger partial charge in [-0.3, -0.25) is 4.79 Å². The monoisotopic (exact) mass is 322 g/mol. The maximum atomic E-state index is 12.3. The lowest BCUT2D eigenvalue weighted by molar-refractivity contribution is 0.0971. The normalized spacial score (nSPS) is 13.8. The van der Waals surface area contributed by atoms with Crippen LogP contribution in [0.15, 0.2) is 46.9 Å². The minimum atomic E-state index is 0.147. The van der Waals surface area contributed by atoms with Gasteiger partial charge in [-0.05, 0) is 18.1 Å². The van der Waals surface area contributed by atoms with Crippen molar-refractivity contribution in [3.05, 3.63) is 59.4 Å². The number of hydrogen-bond acceptors (Lipinski definition) is 4. The fraction of sp³-hybridized carbons (Fsp3) is 0.250. The van der Waals surface area contributed by atoms with Gasteiger partial charge in [-0.15, -0.1) is 0 Å². The zero-order valence-corrected chi connectivity index (χ0v) is 13.5. The number of benzene rings is 2. The molecule has 1 heterocycles. The van der Waals surface area contributed by atoms with E-state index in [1.807, 2.05) is 36.4 Å². The smallest absolute Gasteiger partial charge is 0.167 e. The molecule has 0 saturated carbocycles. The molecule has 0 unspecified atom stereocenters. The number of hydrogen-bond donors (Lipinski definition) is 0. The van der Waals surface area contributed by atoms with E-state index in [1.54, 1.807) is 13.2 Å². The molecule has 0 bridgehead atoms. The number of furan rings is 1. The number of methoxy groups -OCH3 is 1. The number of ketones is 1. The summed E-state index contributed by atoms with van der Waals surface area (Å²) in [5.41, 5.74) is 2.47. The average Bonchev–Trinajstić information content (AvgIpc) is 2.98. The number of ether oxygens (including phenoxy) is 2. The van der Waals surface area contributed by atoms with Gasteiger partial charge >= 0.3 is 0 Å². The molecule has 0 atom stereocenters. The predicted octanol–water partition coefficient (Wildman–Crippen LogP) is 4.54. The van der Waals surface area contributed by atoms with Crippen molar-refractivity contribution < 1.29 is 18.7 Å². The lowest BCUT2D eigenvalue weighted by atomic mass is 9.94.